The highest BCUT2D eigenvalue weighted by molar-refractivity contribution is 9.10. The summed E-state index contributed by atoms with van der Waals surface area (Å²) in [4.78, 5) is 4.32. The van der Waals surface area contributed by atoms with Crippen LogP contribution in [0.2, 0.25) is 0 Å². The first kappa shape index (κ1) is 9.09. The lowest BCUT2D eigenvalue weighted by atomic mass is 10.3. The van der Waals surface area contributed by atoms with Gasteiger partial charge in [-0.15, -0.1) is 0 Å². The van der Waals surface area contributed by atoms with Crippen LogP contribution in [0, 0.1) is 0 Å². The monoisotopic (exact) mass is 257 g/mol. The lowest BCUT2D eigenvalue weighted by Crippen LogP contribution is -1.69. The first-order chi connectivity index (χ1) is 6.29. The molecule has 0 fully saturated rings. The number of aromatic nitrogens is 1. The van der Waals surface area contributed by atoms with Crippen LogP contribution in [-0.4, -0.2) is 10.7 Å². The number of nitrogens with zero attached hydrogens (tertiary/aromatic N) is 1. The van der Waals surface area contributed by atoms with Gasteiger partial charge in [0.1, 0.15) is 5.52 Å². The highest BCUT2D eigenvalue weighted by Crippen LogP contribution is 2.25. The van der Waals surface area contributed by atoms with Gasteiger partial charge >= 0.3 is 0 Å². The summed E-state index contributed by atoms with van der Waals surface area (Å²) < 4.78 is 6.53. The standard InChI is InChI=1S/C9H8BrNOS/c1-2-13-9-11-7-4-3-6(10)5-8(7)12-9/h3-5H,2H2,1H3. The fourth-order valence-corrected chi connectivity index (χ4v) is 1.96. The zero-order valence-corrected chi connectivity index (χ0v) is 9.48. The van der Waals surface area contributed by atoms with Crippen molar-refractivity contribution in [2.45, 2.75) is 12.1 Å². The number of hydrogen-bond acceptors (Lipinski definition) is 3. The molecule has 1 heterocycles. The third-order valence-corrected chi connectivity index (χ3v) is 2.80. The molecule has 0 N–H and O–H groups in total. The van der Waals surface area contributed by atoms with E-state index in [0.29, 0.717) is 0 Å². The van der Waals surface area contributed by atoms with Crippen molar-refractivity contribution in [2.75, 3.05) is 5.75 Å². The molecule has 4 heteroatoms. The Balaban J connectivity index is 2.49. The van der Waals surface area contributed by atoms with E-state index < -0.39 is 0 Å². The second-order valence-corrected chi connectivity index (χ2v) is 4.66. The largest absolute Gasteiger partial charge is 0.431 e. The number of thioether (sulfide) groups is 1. The van der Waals surface area contributed by atoms with Crippen molar-refractivity contribution < 1.29 is 4.42 Å². The van der Waals surface area contributed by atoms with Crippen LogP contribution in [0.15, 0.2) is 32.3 Å². The lowest BCUT2D eigenvalue weighted by molar-refractivity contribution is 0.489. The predicted molar refractivity (Wildman–Crippen MR) is 58.1 cm³/mol. The molecule has 13 heavy (non-hydrogen) atoms. The Morgan fingerprint density at radius 2 is 2.38 bits per heavy atom. The van der Waals surface area contributed by atoms with Crippen LogP contribution in [0.3, 0.4) is 0 Å². The number of hydrogen-bond donors (Lipinski definition) is 0. The summed E-state index contributed by atoms with van der Waals surface area (Å²) in [7, 11) is 0. The van der Waals surface area contributed by atoms with Gasteiger partial charge in [-0.1, -0.05) is 34.6 Å². The Morgan fingerprint density at radius 3 is 3.15 bits per heavy atom. The maximum atomic E-state index is 5.51. The van der Waals surface area contributed by atoms with Crippen molar-refractivity contribution in [3.05, 3.63) is 22.7 Å². The van der Waals surface area contributed by atoms with Crippen molar-refractivity contribution in [1.82, 2.24) is 4.98 Å². The Bertz CT molecular complexity index is 426. The summed E-state index contributed by atoms with van der Waals surface area (Å²) in [6.45, 7) is 2.08. The molecule has 0 saturated heterocycles. The molecule has 2 aromatic rings. The van der Waals surface area contributed by atoms with Crippen molar-refractivity contribution in [3.8, 4) is 0 Å². The van der Waals surface area contributed by atoms with E-state index >= 15 is 0 Å². The number of benzene rings is 1. The minimum absolute atomic E-state index is 0.746. The lowest BCUT2D eigenvalue weighted by Gasteiger charge is -1.86. The molecular weight excluding hydrogens is 250 g/mol. The first-order valence-corrected chi connectivity index (χ1v) is 5.76. The minimum atomic E-state index is 0.746. The zero-order chi connectivity index (χ0) is 9.26. The first-order valence-electron chi connectivity index (χ1n) is 3.98. The van der Waals surface area contributed by atoms with E-state index in [1.54, 1.807) is 11.8 Å². The van der Waals surface area contributed by atoms with Crippen molar-refractivity contribution in [1.29, 1.82) is 0 Å². The summed E-state index contributed by atoms with van der Waals surface area (Å²) in [5, 5.41) is 0.746. The summed E-state index contributed by atoms with van der Waals surface area (Å²) in [5.74, 6) is 0.980. The topological polar surface area (TPSA) is 26.0 Å². The highest BCUT2D eigenvalue weighted by Gasteiger charge is 2.04. The highest BCUT2D eigenvalue weighted by atomic mass is 79.9. The molecular formula is C9H8BrNOS. The molecule has 0 aliphatic rings. The average molecular weight is 258 g/mol. The minimum Gasteiger partial charge on any atom is -0.431 e. The molecule has 0 spiro atoms. The Morgan fingerprint density at radius 1 is 1.54 bits per heavy atom. The van der Waals surface area contributed by atoms with Crippen LogP contribution < -0.4 is 0 Å². The van der Waals surface area contributed by atoms with Crippen LogP contribution in [-0.2, 0) is 0 Å². The van der Waals surface area contributed by atoms with E-state index in [9.17, 15) is 0 Å². The van der Waals surface area contributed by atoms with E-state index in [4.69, 9.17) is 4.42 Å². The molecule has 1 aromatic heterocycles. The number of halogens is 1. The summed E-state index contributed by atoms with van der Waals surface area (Å²) in [6.07, 6.45) is 0. The Labute approximate surface area is 88.8 Å². The molecule has 0 unspecified atom stereocenters. The second-order valence-electron chi connectivity index (χ2n) is 2.52. The smallest absolute Gasteiger partial charge is 0.256 e. The summed E-state index contributed by atoms with van der Waals surface area (Å²) in [5.41, 5.74) is 1.75. The maximum absolute atomic E-state index is 5.51. The molecule has 2 nitrogen and oxygen atoms in total. The number of fused-ring (bicyclic) bond motifs is 1. The van der Waals surface area contributed by atoms with Crippen LogP contribution >= 0.6 is 27.7 Å². The van der Waals surface area contributed by atoms with Crippen LogP contribution in [0.5, 0.6) is 0 Å². The molecule has 0 amide bonds. The summed E-state index contributed by atoms with van der Waals surface area (Å²) >= 11 is 5.00. The number of oxazole rings is 1. The molecule has 0 radical (unpaired) electrons. The van der Waals surface area contributed by atoms with Gasteiger partial charge in [-0.05, 0) is 24.0 Å². The maximum Gasteiger partial charge on any atom is 0.256 e. The van der Waals surface area contributed by atoms with Gasteiger partial charge in [0.2, 0.25) is 0 Å². The average Bonchev–Trinajstić information content (AvgIpc) is 2.46. The van der Waals surface area contributed by atoms with Crippen LogP contribution in [0.25, 0.3) is 11.1 Å². The predicted octanol–water partition coefficient (Wildman–Crippen LogP) is 3.70. The fourth-order valence-electron chi connectivity index (χ4n) is 1.06. The molecule has 0 aliphatic heterocycles. The van der Waals surface area contributed by atoms with Crippen LogP contribution in [0.4, 0.5) is 0 Å². The Hall–Kier alpha value is -0.480. The molecule has 2 rings (SSSR count). The van der Waals surface area contributed by atoms with Gasteiger partial charge in [0.15, 0.2) is 5.58 Å². The van der Waals surface area contributed by atoms with E-state index in [0.717, 1.165) is 26.5 Å². The molecule has 68 valence electrons. The van der Waals surface area contributed by atoms with Crippen molar-refractivity contribution in [3.63, 3.8) is 0 Å². The normalized spacial score (nSPS) is 10.9. The number of rotatable bonds is 2. The third-order valence-electron chi connectivity index (χ3n) is 1.60. The van der Waals surface area contributed by atoms with Gasteiger partial charge in [-0.2, -0.15) is 0 Å². The molecule has 0 atom stereocenters. The van der Waals surface area contributed by atoms with Crippen molar-refractivity contribution >= 4 is 38.8 Å². The van der Waals surface area contributed by atoms with Gasteiger partial charge < -0.3 is 4.42 Å². The van der Waals surface area contributed by atoms with E-state index in [-0.39, 0.29) is 0 Å². The molecule has 0 aliphatic carbocycles. The van der Waals surface area contributed by atoms with Gasteiger partial charge in [-0.3, -0.25) is 0 Å². The van der Waals surface area contributed by atoms with E-state index in [1.165, 1.54) is 0 Å². The molecule has 1 aromatic carbocycles. The summed E-state index contributed by atoms with van der Waals surface area (Å²) in [6, 6.07) is 5.84. The molecule has 0 saturated carbocycles. The second kappa shape index (κ2) is 3.72. The van der Waals surface area contributed by atoms with Gasteiger partial charge in [0, 0.05) is 4.47 Å². The van der Waals surface area contributed by atoms with E-state index in [1.807, 2.05) is 18.2 Å². The van der Waals surface area contributed by atoms with Gasteiger partial charge in [0.25, 0.3) is 5.22 Å². The third kappa shape index (κ3) is 1.89. The van der Waals surface area contributed by atoms with Gasteiger partial charge in [0.05, 0.1) is 0 Å². The Kier molecular flexibility index (Phi) is 2.60. The van der Waals surface area contributed by atoms with Gasteiger partial charge in [-0.25, -0.2) is 4.98 Å². The van der Waals surface area contributed by atoms with Crippen molar-refractivity contribution in [2.24, 2.45) is 0 Å². The van der Waals surface area contributed by atoms with E-state index in [2.05, 4.69) is 27.8 Å². The molecule has 0 bridgehead atoms. The fraction of sp³-hybridized carbons (Fsp3) is 0.222. The SMILES string of the molecule is CCSc1nc2ccc(Br)cc2o1. The quantitative estimate of drug-likeness (QED) is 0.768. The van der Waals surface area contributed by atoms with Crippen LogP contribution in [0.1, 0.15) is 6.92 Å². The zero-order valence-electron chi connectivity index (χ0n) is 7.08.